The smallest absolute Gasteiger partial charge is 0.310 e. The maximum absolute atomic E-state index is 9.59. The summed E-state index contributed by atoms with van der Waals surface area (Å²) in [4.78, 5) is 9.59. The molecule has 0 atom stereocenters. The van der Waals surface area contributed by atoms with Gasteiger partial charge in [0.05, 0.1) is 0 Å². The average Bonchev–Trinajstić information content (AvgIpc) is 1.27. The summed E-state index contributed by atoms with van der Waals surface area (Å²) in [6.45, 7) is 0. The summed E-state index contributed by atoms with van der Waals surface area (Å²) in [7, 11) is 0. The topological polar surface area (TPSA) is 87.2 Å². The van der Waals surface area contributed by atoms with Crippen molar-refractivity contribution in [3.8, 4) is 0 Å². The van der Waals surface area contributed by atoms with Crippen molar-refractivity contribution in [1.82, 2.24) is 0 Å². The second-order valence-electron chi connectivity index (χ2n) is 1.10. The van der Waals surface area contributed by atoms with E-state index in [1.165, 1.54) is 0 Å². The normalized spacial score (nSPS) is 7.00. The van der Waals surface area contributed by atoms with E-state index in [9.17, 15) is 4.79 Å². The van der Waals surface area contributed by atoms with Crippen molar-refractivity contribution >= 4 is 24.2 Å². The first kappa shape index (κ1) is 10.3. The lowest BCUT2D eigenvalue weighted by molar-refractivity contribution is -0.135. The Hall–Kier alpha value is -0.770. The van der Waals surface area contributed by atoms with E-state index in [2.05, 4.69) is 0 Å². The van der Waals surface area contributed by atoms with Crippen LogP contribution in [-0.2, 0) is 4.79 Å². The van der Waals surface area contributed by atoms with Crippen molar-refractivity contribution in [2.75, 3.05) is 0 Å². The predicted octanol–water partition coefficient (Wildman–Crippen LogP) is -0.181. The number of halogens is 1. The second kappa shape index (κ2) is 4.39. The molecule has 4 nitrogen and oxygen atoms in total. The van der Waals surface area contributed by atoms with Gasteiger partial charge in [-0.15, -0.1) is 12.4 Å². The van der Waals surface area contributed by atoms with Crippen LogP contribution in [0.25, 0.3) is 0 Å². The van der Waals surface area contributed by atoms with Crippen LogP contribution in [0.1, 0.15) is 6.42 Å². The van der Waals surface area contributed by atoms with Crippen LogP contribution in [0.5, 0.6) is 0 Å². The molecule has 0 spiro atoms. The van der Waals surface area contributed by atoms with Gasteiger partial charge in [-0.1, -0.05) is 0 Å². The third-order valence-electron chi connectivity index (χ3n) is 0.342. The number of nitrogens with one attached hydrogen (secondary N) is 1. The molecular weight excluding hydrogens is 131 g/mol. The maximum Gasteiger partial charge on any atom is 0.310 e. The molecule has 0 amide bonds. The molecule has 0 unspecified atom stereocenters. The van der Waals surface area contributed by atoms with E-state index in [-0.39, 0.29) is 24.7 Å². The van der Waals surface area contributed by atoms with Gasteiger partial charge in [0.2, 0.25) is 0 Å². The predicted molar refractivity (Wildman–Crippen MR) is 31.4 cm³/mol. The minimum absolute atomic E-state index is 0. The molecule has 4 N–H and O–H groups in total. The van der Waals surface area contributed by atoms with Gasteiger partial charge in [0.25, 0.3) is 0 Å². The largest absolute Gasteiger partial charge is 0.481 e. The van der Waals surface area contributed by atoms with E-state index in [4.69, 9.17) is 16.2 Å². The zero-order chi connectivity index (χ0) is 5.86. The first-order valence-corrected chi connectivity index (χ1v) is 1.67. The van der Waals surface area contributed by atoms with Crippen molar-refractivity contribution < 1.29 is 9.90 Å². The molecule has 0 aliphatic carbocycles. The van der Waals surface area contributed by atoms with E-state index in [0.29, 0.717) is 0 Å². The fraction of sp³-hybridized carbons (Fsp3) is 0.333. The summed E-state index contributed by atoms with van der Waals surface area (Å²) < 4.78 is 0. The van der Waals surface area contributed by atoms with Crippen molar-refractivity contribution in [2.45, 2.75) is 6.42 Å². The van der Waals surface area contributed by atoms with E-state index in [0.717, 1.165) is 0 Å². The fourth-order valence-corrected chi connectivity index (χ4v) is 0.163. The lowest BCUT2D eigenvalue weighted by Crippen LogP contribution is -2.14. The van der Waals surface area contributed by atoms with Crippen LogP contribution in [0, 0.1) is 5.41 Å². The minimum Gasteiger partial charge on any atom is -0.481 e. The van der Waals surface area contributed by atoms with Gasteiger partial charge in [-0.05, 0) is 0 Å². The van der Waals surface area contributed by atoms with Crippen LogP contribution in [0.2, 0.25) is 0 Å². The van der Waals surface area contributed by atoms with Gasteiger partial charge >= 0.3 is 5.97 Å². The van der Waals surface area contributed by atoms with Gasteiger partial charge < -0.3 is 10.8 Å². The van der Waals surface area contributed by atoms with Crippen molar-refractivity contribution in [3.63, 3.8) is 0 Å². The van der Waals surface area contributed by atoms with Crippen LogP contribution in [0.15, 0.2) is 0 Å². The lowest BCUT2D eigenvalue weighted by Gasteiger charge is -1.85. The van der Waals surface area contributed by atoms with Crippen LogP contribution in [0.4, 0.5) is 0 Å². The average molecular weight is 139 g/mol. The summed E-state index contributed by atoms with van der Waals surface area (Å²) in [6.07, 6.45) is -0.361. The standard InChI is InChI=1S/C3H6N2O2.ClH/c4-2(5)1-3(6)7;/h1H2,(H3,4,5)(H,6,7);1H. The summed E-state index contributed by atoms with van der Waals surface area (Å²) in [5, 5.41) is 14.3. The van der Waals surface area contributed by atoms with Crippen LogP contribution < -0.4 is 5.73 Å². The molecule has 5 heteroatoms. The number of hydrogen-bond acceptors (Lipinski definition) is 2. The summed E-state index contributed by atoms with van der Waals surface area (Å²) in [6, 6.07) is 0. The highest BCUT2D eigenvalue weighted by Gasteiger charge is 1.95. The SMILES string of the molecule is Cl.N=C(N)CC(=O)O. The Morgan fingerprint density at radius 3 is 2.12 bits per heavy atom. The zero-order valence-corrected chi connectivity index (χ0v) is 4.86. The Morgan fingerprint density at radius 1 is 1.75 bits per heavy atom. The Balaban J connectivity index is 0. The monoisotopic (exact) mass is 138 g/mol. The third-order valence-corrected chi connectivity index (χ3v) is 0.342. The Labute approximate surface area is 52.6 Å². The zero-order valence-electron chi connectivity index (χ0n) is 4.05. The van der Waals surface area contributed by atoms with Crippen LogP contribution in [-0.4, -0.2) is 16.9 Å². The molecule has 0 heterocycles. The number of carboxylic acids is 1. The highest BCUT2D eigenvalue weighted by atomic mass is 35.5. The molecule has 8 heavy (non-hydrogen) atoms. The Kier molecular flexibility index (Phi) is 5.63. The molecule has 0 aromatic heterocycles. The number of aliphatic carboxylic acids is 1. The number of nitrogens with two attached hydrogens (primary N) is 1. The molecule has 0 aromatic rings. The van der Waals surface area contributed by atoms with E-state index in [1.807, 2.05) is 0 Å². The van der Waals surface area contributed by atoms with Crippen LogP contribution >= 0.6 is 12.4 Å². The van der Waals surface area contributed by atoms with E-state index < -0.39 is 5.97 Å². The number of hydrogen-bond donors (Lipinski definition) is 3. The lowest BCUT2D eigenvalue weighted by atomic mass is 10.4. The fourth-order valence-electron chi connectivity index (χ4n) is 0.163. The second-order valence-corrected chi connectivity index (χ2v) is 1.10. The number of amidine groups is 1. The Morgan fingerprint density at radius 2 is 2.12 bits per heavy atom. The molecule has 0 bridgehead atoms. The molecule has 0 aliphatic rings. The van der Waals surface area contributed by atoms with Crippen LogP contribution in [0.3, 0.4) is 0 Å². The first-order valence-electron chi connectivity index (χ1n) is 1.67. The summed E-state index contributed by atoms with van der Waals surface area (Å²) >= 11 is 0. The third kappa shape index (κ3) is 8.97. The summed E-state index contributed by atoms with van der Waals surface area (Å²) in [5.74, 6) is -1.37. The van der Waals surface area contributed by atoms with Gasteiger partial charge in [-0.3, -0.25) is 10.2 Å². The van der Waals surface area contributed by atoms with Crippen molar-refractivity contribution in [3.05, 3.63) is 0 Å². The molecule has 48 valence electrons. The maximum atomic E-state index is 9.59. The van der Waals surface area contributed by atoms with Gasteiger partial charge in [0, 0.05) is 0 Å². The number of carboxylic acid groups (broad SMARTS) is 1. The molecule has 0 saturated heterocycles. The minimum atomic E-state index is -1.06. The van der Waals surface area contributed by atoms with Gasteiger partial charge in [0.1, 0.15) is 12.3 Å². The quantitative estimate of drug-likeness (QED) is 0.365. The summed E-state index contributed by atoms with van der Waals surface area (Å²) in [5.41, 5.74) is 4.70. The molecule has 0 radical (unpaired) electrons. The highest BCUT2D eigenvalue weighted by molar-refractivity contribution is 5.93. The van der Waals surface area contributed by atoms with Crippen molar-refractivity contribution in [2.24, 2.45) is 5.73 Å². The molecular formula is C3H7ClN2O2. The molecule has 0 aromatic carbocycles. The molecule has 0 fully saturated rings. The van der Waals surface area contributed by atoms with Gasteiger partial charge in [-0.2, -0.15) is 0 Å². The van der Waals surface area contributed by atoms with Gasteiger partial charge in [0.15, 0.2) is 0 Å². The first-order chi connectivity index (χ1) is 3.13. The van der Waals surface area contributed by atoms with Crippen molar-refractivity contribution in [1.29, 1.82) is 5.41 Å². The molecule has 0 saturated carbocycles. The number of rotatable bonds is 2. The molecule has 0 aliphatic heterocycles. The highest BCUT2D eigenvalue weighted by Crippen LogP contribution is 1.72. The van der Waals surface area contributed by atoms with E-state index >= 15 is 0 Å². The van der Waals surface area contributed by atoms with E-state index in [1.54, 1.807) is 0 Å². The Bertz CT molecular complexity index is 91.5. The number of carbonyl (C=O) groups is 1. The molecule has 0 rings (SSSR count). The van der Waals surface area contributed by atoms with Gasteiger partial charge in [-0.25, -0.2) is 0 Å².